The lowest BCUT2D eigenvalue weighted by atomic mass is 10.2. The van der Waals surface area contributed by atoms with E-state index in [0.717, 1.165) is 6.07 Å². The van der Waals surface area contributed by atoms with Crippen molar-refractivity contribution in [3.8, 4) is 0 Å². The second-order valence-corrected chi connectivity index (χ2v) is 8.02. The number of rotatable bonds is 7. The molecule has 1 aromatic heterocycles. The Hall–Kier alpha value is -3.17. The second-order valence-electron chi connectivity index (χ2n) is 6.34. The molecule has 2 aromatic carbocycles. The summed E-state index contributed by atoms with van der Waals surface area (Å²) in [6.07, 6.45) is 0.405. The Morgan fingerprint density at radius 2 is 1.97 bits per heavy atom. The van der Waals surface area contributed by atoms with E-state index < -0.39 is 27.9 Å². The molecule has 1 amide bonds. The summed E-state index contributed by atoms with van der Waals surface area (Å²) in [6.45, 7) is 1.45. The van der Waals surface area contributed by atoms with E-state index in [-0.39, 0.29) is 22.7 Å². The minimum absolute atomic E-state index is 0.0784. The minimum atomic E-state index is -4.02. The zero-order valence-corrected chi connectivity index (χ0v) is 16.2. The number of carbonyl (C=O) groups is 1. The average molecular weight is 418 g/mol. The number of aliphatic hydroxyl groups excluding tert-OH is 1. The molecule has 0 saturated heterocycles. The molecule has 1 heterocycles. The van der Waals surface area contributed by atoms with Crippen molar-refractivity contribution in [3.05, 3.63) is 83.6 Å². The van der Waals surface area contributed by atoms with Gasteiger partial charge in [0.1, 0.15) is 17.7 Å². The summed E-state index contributed by atoms with van der Waals surface area (Å²) in [4.78, 5) is 12.1. The van der Waals surface area contributed by atoms with Crippen LogP contribution in [0.4, 0.5) is 10.1 Å². The standard InChI is InChI=1S/C20H19FN2O5S/c1-13-7-8-16(11-17(13)21)29(26,27)23-15-5-2-4-14(10-15)20(25)22-12-18(24)19-6-3-9-28-19/h2-11,18,23-24H,12H2,1H3,(H,22,25). The van der Waals surface area contributed by atoms with Crippen molar-refractivity contribution in [1.29, 1.82) is 0 Å². The van der Waals surface area contributed by atoms with Gasteiger partial charge in [0.2, 0.25) is 0 Å². The van der Waals surface area contributed by atoms with Crippen molar-refractivity contribution in [3.63, 3.8) is 0 Å². The fraction of sp³-hybridized carbons (Fsp3) is 0.150. The number of benzene rings is 2. The molecule has 0 saturated carbocycles. The van der Waals surface area contributed by atoms with E-state index >= 15 is 0 Å². The quantitative estimate of drug-likeness (QED) is 0.547. The first-order valence-corrected chi connectivity index (χ1v) is 10.1. The Morgan fingerprint density at radius 1 is 1.17 bits per heavy atom. The third-order valence-electron chi connectivity index (χ3n) is 4.16. The first-order chi connectivity index (χ1) is 13.8. The van der Waals surface area contributed by atoms with Crippen molar-refractivity contribution in [2.45, 2.75) is 17.9 Å². The number of nitrogens with one attached hydrogen (secondary N) is 2. The van der Waals surface area contributed by atoms with Crippen molar-refractivity contribution in [1.82, 2.24) is 5.32 Å². The highest BCUT2D eigenvalue weighted by Crippen LogP contribution is 2.19. The maximum absolute atomic E-state index is 13.7. The Morgan fingerprint density at radius 3 is 2.66 bits per heavy atom. The number of aliphatic hydroxyl groups is 1. The van der Waals surface area contributed by atoms with Crippen molar-refractivity contribution in [2.75, 3.05) is 11.3 Å². The number of hydrogen-bond donors (Lipinski definition) is 3. The summed E-state index contributed by atoms with van der Waals surface area (Å²) in [7, 11) is -4.02. The average Bonchev–Trinajstić information content (AvgIpc) is 3.22. The van der Waals surface area contributed by atoms with Crippen LogP contribution in [-0.4, -0.2) is 26.0 Å². The van der Waals surface area contributed by atoms with Gasteiger partial charge in [0.25, 0.3) is 15.9 Å². The Bertz CT molecular complexity index is 1110. The molecular formula is C20H19FN2O5S. The van der Waals surface area contributed by atoms with Crippen LogP contribution in [0.2, 0.25) is 0 Å². The highest BCUT2D eigenvalue weighted by Gasteiger charge is 2.17. The molecule has 1 unspecified atom stereocenters. The van der Waals surface area contributed by atoms with Gasteiger partial charge in [-0.15, -0.1) is 0 Å². The summed E-state index contributed by atoms with van der Waals surface area (Å²) < 4.78 is 46.0. The third-order valence-corrected chi connectivity index (χ3v) is 5.54. The topological polar surface area (TPSA) is 109 Å². The van der Waals surface area contributed by atoms with E-state index in [2.05, 4.69) is 10.0 Å². The molecule has 0 fully saturated rings. The molecule has 0 radical (unpaired) electrons. The zero-order chi connectivity index (χ0) is 21.0. The molecule has 0 spiro atoms. The van der Waals surface area contributed by atoms with Crippen LogP contribution in [0.1, 0.15) is 27.8 Å². The van der Waals surface area contributed by atoms with Crippen molar-refractivity contribution < 1.29 is 27.1 Å². The van der Waals surface area contributed by atoms with Gasteiger partial charge < -0.3 is 14.8 Å². The van der Waals surface area contributed by atoms with E-state index in [9.17, 15) is 22.7 Å². The zero-order valence-electron chi connectivity index (χ0n) is 15.4. The lowest BCUT2D eigenvalue weighted by molar-refractivity contribution is 0.0901. The number of halogens is 1. The molecule has 7 nitrogen and oxygen atoms in total. The van der Waals surface area contributed by atoms with Gasteiger partial charge in [0, 0.05) is 11.3 Å². The van der Waals surface area contributed by atoms with Crippen LogP contribution >= 0.6 is 0 Å². The largest absolute Gasteiger partial charge is 0.467 e. The Labute approximate surface area is 167 Å². The summed E-state index contributed by atoms with van der Waals surface area (Å²) in [6, 6.07) is 12.6. The van der Waals surface area contributed by atoms with Gasteiger partial charge in [0.05, 0.1) is 17.7 Å². The minimum Gasteiger partial charge on any atom is -0.467 e. The molecule has 0 aliphatic carbocycles. The summed E-state index contributed by atoms with van der Waals surface area (Å²) in [5, 5.41) is 12.5. The van der Waals surface area contributed by atoms with Crippen LogP contribution in [0.5, 0.6) is 0 Å². The summed E-state index contributed by atoms with van der Waals surface area (Å²) >= 11 is 0. The smallest absolute Gasteiger partial charge is 0.261 e. The first kappa shape index (κ1) is 20.6. The van der Waals surface area contributed by atoms with Crippen LogP contribution < -0.4 is 10.0 Å². The van der Waals surface area contributed by atoms with Gasteiger partial charge in [-0.1, -0.05) is 12.1 Å². The van der Waals surface area contributed by atoms with Gasteiger partial charge >= 0.3 is 0 Å². The molecule has 152 valence electrons. The predicted octanol–water partition coefficient (Wildman–Crippen LogP) is 2.99. The fourth-order valence-corrected chi connectivity index (χ4v) is 3.61. The normalized spacial score (nSPS) is 12.4. The molecule has 9 heteroatoms. The van der Waals surface area contributed by atoms with Gasteiger partial charge in [-0.25, -0.2) is 12.8 Å². The van der Waals surface area contributed by atoms with Crippen LogP contribution in [0.25, 0.3) is 0 Å². The fourth-order valence-electron chi connectivity index (χ4n) is 2.55. The van der Waals surface area contributed by atoms with Crippen molar-refractivity contribution in [2.24, 2.45) is 0 Å². The van der Waals surface area contributed by atoms with Crippen LogP contribution in [-0.2, 0) is 10.0 Å². The predicted molar refractivity (Wildman–Crippen MR) is 104 cm³/mol. The third kappa shape index (κ3) is 5.01. The van der Waals surface area contributed by atoms with E-state index in [4.69, 9.17) is 4.42 Å². The van der Waals surface area contributed by atoms with Crippen LogP contribution in [0.15, 0.2) is 70.2 Å². The monoisotopic (exact) mass is 418 g/mol. The number of carbonyl (C=O) groups excluding carboxylic acids is 1. The molecule has 0 aliphatic rings. The molecule has 1 atom stereocenters. The van der Waals surface area contributed by atoms with Crippen LogP contribution in [0, 0.1) is 12.7 Å². The van der Waals surface area contributed by atoms with E-state index in [1.165, 1.54) is 49.6 Å². The Kier molecular flexibility index (Phi) is 6.00. The summed E-state index contributed by atoms with van der Waals surface area (Å²) in [5.74, 6) is -0.814. The SMILES string of the molecule is Cc1ccc(S(=O)(=O)Nc2cccc(C(=O)NCC(O)c3ccco3)c2)cc1F. The molecule has 0 bridgehead atoms. The number of anilines is 1. The lowest BCUT2D eigenvalue weighted by Gasteiger charge is -2.12. The second kappa shape index (κ2) is 8.46. The van der Waals surface area contributed by atoms with Gasteiger partial charge in [0.15, 0.2) is 0 Å². The number of sulfonamides is 1. The molecule has 0 aliphatic heterocycles. The number of aryl methyl sites for hydroxylation is 1. The van der Waals surface area contributed by atoms with Crippen molar-refractivity contribution >= 4 is 21.6 Å². The summed E-state index contributed by atoms with van der Waals surface area (Å²) in [5.41, 5.74) is 0.663. The molecule has 29 heavy (non-hydrogen) atoms. The molecule has 3 N–H and O–H groups in total. The van der Waals surface area contributed by atoms with E-state index in [1.807, 2.05) is 0 Å². The van der Waals surface area contributed by atoms with Gasteiger partial charge in [-0.05, 0) is 55.0 Å². The highest BCUT2D eigenvalue weighted by atomic mass is 32.2. The number of furan rings is 1. The lowest BCUT2D eigenvalue weighted by Crippen LogP contribution is -2.28. The van der Waals surface area contributed by atoms with Gasteiger partial charge in [-0.2, -0.15) is 0 Å². The van der Waals surface area contributed by atoms with E-state index in [1.54, 1.807) is 12.1 Å². The van der Waals surface area contributed by atoms with E-state index in [0.29, 0.717) is 11.3 Å². The maximum atomic E-state index is 13.7. The molecule has 3 aromatic rings. The van der Waals surface area contributed by atoms with Gasteiger partial charge in [-0.3, -0.25) is 9.52 Å². The maximum Gasteiger partial charge on any atom is 0.261 e. The van der Waals surface area contributed by atoms with Crippen LogP contribution in [0.3, 0.4) is 0 Å². The highest BCUT2D eigenvalue weighted by molar-refractivity contribution is 7.92. The first-order valence-electron chi connectivity index (χ1n) is 8.65. The number of amides is 1. The molecule has 3 rings (SSSR count). The molecular weight excluding hydrogens is 399 g/mol. The Balaban J connectivity index is 1.70. The number of hydrogen-bond acceptors (Lipinski definition) is 5.